The molecule has 0 bridgehead atoms. The first-order chi connectivity index (χ1) is 16.2. The second-order valence-corrected chi connectivity index (χ2v) is 8.43. The second kappa shape index (κ2) is 9.25. The van der Waals surface area contributed by atoms with E-state index in [2.05, 4.69) is 55.5 Å². The minimum Gasteiger partial charge on any atom is -0.467 e. The molecule has 4 aromatic rings. The van der Waals surface area contributed by atoms with Gasteiger partial charge < -0.3 is 4.42 Å². The molecule has 1 amide bonds. The average Bonchev–Trinajstić information content (AvgIpc) is 3.52. The molecule has 1 aliphatic rings. The van der Waals surface area contributed by atoms with Crippen LogP contribution in [-0.2, 0) is 17.8 Å². The number of rotatable bonds is 6. The Morgan fingerprint density at radius 2 is 1.70 bits per heavy atom. The fraction of sp³-hybridized carbons (Fsp3) is 0.179. The predicted molar refractivity (Wildman–Crippen MR) is 127 cm³/mol. The number of carbonyl (C=O) groups is 1. The number of nitrogens with zero attached hydrogens (tertiary/aromatic N) is 3. The van der Waals surface area contributed by atoms with E-state index in [1.54, 1.807) is 11.3 Å². The number of pyridine rings is 1. The Labute approximate surface area is 193 Å². The summed E-state index contributed by atoms with van der Waals surface area (Å²) >= 11 is 0. The number of aryl methyl sites for hydroxylation is 1. The maximum atomic E-state index is 13.3. The molecule has 1 atom stereocenters. The highest BCUT2D eigenvalue weighted by molar-refractivity contribution is 6.03. The first-order valence-electron chi connectivity index (χ1n) is 11.2. The van der Waals surface area contributed by atoms with Crippen LogP contribution >= 0.6 is 0 Å². The Bertz CT molecular complexity index is 1250. The van der Waals surface area contributed by atoms with Gasteiger partial charge in [-0.25, -0.2) is 5.01 Å². The summed E-state index contributed by atoms with van der Waals surface area (Å²) in [5.41, 5.74) is 5.60. The summed E-state index contributed by atoms with van der Waals surface area (Å²) in [6.45, 7) is 2.28. The van der Waals surface area contributed by atoms with Crippen molar-refractivity contribution in [3.8, 4) is 0 Å². The van der Waals surface area contributed by atoms with Crippen LogP contribution in [0.4, 0.5) is 0 Å². The van der Waals surface area contributed by atoms with E-state index >= 15 is 0 Å². The van der Waals surface area contributed by atoms with E-state index in [0.717, 1.165) is 23.5 Å². The van der Waals surface area contributed by atoms with Gasteiger partial charge in [-0.3, -0.25) is 4.79 Å². The summed E-state index contributed by atoms with van der Waals surface area (Å²) in [6, 6.07) is 26.3. The maximum Gasteiger partial charge on any atom is 0.309 e. The van der Waals surface area contributed by atoms with Crippen molar-refractivity contribution >= 4 is 11.6 Å². The smallest absolute Gasteiger partial charge is 0.309 e. The molecule has 0 saturated heterocycles. The quantitative estimate of drug-likeness (QED) is 0.406. The lowest BCUT2D eigenvalue weighted by Gasteiger charge is -2.18. The SMILES string of the molecule is Cc1ccc(C2=NN(C(=O)C[n+]3ccc(Cc4ccccc4)cc3)[C@H](c3ccco3)C2)cc1. The van der Waals surface area contributed by atoms with Crippen LogP contribution in [0.15, 0.2) is 107 Å². The second-order valence-electron chi connectivity index (χ2n) is 8.43. The van der Waals surface area contributed by atoms with Crippen LogP contribution in [0.5, 0.6) is 0 Å². The van der Waals surface area contributed by atoms with Gasteiger partial charge in [-0.05, 0) is 42.2 Å². The Morgan fingerprint density at radius 1 is 0.970 bits per heavy atom. The van der Waals surface area contributed by atoms with Gasteiger partial charge in [0.25, 0.3) is 0 Å². The normalized spacial score (nSPS) is 15.5. The summed E-state index contributed by atoms with van der Waals surface area (Å²) in [7, 11) is 0. The zero-order valence-electron chi connectivity index (χ0n) is 18.6. The molecule has 0 saturated carbocycles. The van der Waals surface area contributed by atoms with Gasteiger partial charge in [0.15, 0.2) is 12.4 Å². The van der Waals surface area contributed by atoms with E-state index in [-0.39, 0.29) is 18.5 Å². The van der Waals surface area contributed by atoms with Crippen molar-refractivity contribution in [2.45, 2.75) is 32.4 Å². The number of hydrogen-bond acceptors (Lipinski definition) is 3. The monoisotopic (exact) mass is 436 g/mol. The Morgan fingerprint density at radius 3 is 2.39 bits per heavy atom. The number of furan rings is 1. The van der Waals surface area contributed by atoms with Crippen molar-refractivity contribution in [3.63, 3.8) is 0 Å². The molecule has 1 aliphatic heterocycles. The number of hydrazone groups is 1. The summed E-state index contributed by atoms with van der Waals surface area (Å²) in [5.74, 6) is 0.678. The number of carbonyl (C=O) groups excluding carboxylic acids is 1. The third-order valence-electron chi connectivity index (χ3n) is 5.95. The van der Waals surface area contributed by atoms with E-state index in [4.69, 9.17) is 9.52 Å². The van der Waals surface area contributed by atoms with E-state index in [0.29, 0.717) is 6.42 Å². The fourth-order valence-corrected chi connectivity index (χ4v) is 4.13. The van der Waals surface area contributed by atoms with Crippen LogP contribution in [0.2, 0.25) is 0 Å². The van der Waals surface area contributed by atoms with Crippen molar-refractivity contribution in [2.75, 3.05) is 0 Å². The van der Waals surface area contributed by atoms with Gasteiger partial charge in [-0.2, -0.15) is 9.67 Å². The minimum absolute atomic E-state index is 0.0701. The summed E-state index contributed by atoms with van der Waals surface area (Å²) in [5, 5.41) is 6.30. The van der Waals surface area contributed by atoms with Crippen molar-refractivity contribution < 1.29 is 13.8 Å². The van der Waals surface area contributed by atoms with Crippen LogP contribution in [0, 0.1) is 6.92 Å². The average molecular weight is 437 g/mol. The van der Waals surface area contributed by atoms with E-state index in [1.807, 2.05) is 47.3 Å². The van der Waals surface area contributed by atoms with Crippen LogP contribution in [-0.4, -0.2) is 16.6 Å². The van der Waals surface area contributed by atoms with E-state index < -0.39 is 0 Å². The standard InChI is InChI=1S/C28H26N3O2/c1-21-9-11-24(12-10-21)25-19-26(27-8-5-17-33-27)31(29-25)28(32)20-30-15-13-23(14-16-30)18-22-6-3-2-4-7-22/h2-17,26H,18-20H2,1H3/q+1/t26-/m0/s1. The summed E-state index contributed by atoms with van der Waals surface area (Å²) in [6.07, 6.45) is 7.05. The van der Waals surface area contributed by atoms with Gasteiger partial charge in [0.1, 0.15) is 11.8 Å². The molecule has 5 rings (SSSR count). The van der Waals surface area contributed by atoms with E-state index in [1.165, 1.54) is 16.7 Å². The Kier molecular flexibility index (Phi) is 5.85. The minimum atomic E-state index is -0.234. The van der Waals surface area contributed by atoms with Crippen LogP contribution in [0.1, 0.15) is 40.5 Å². The molecule has 164 valence electrons. The highest BCUT2D eigenvalue weighted by Crippen LogP contribution is 2.33. The molecule has 2 aromatic carbocycles. The molecule has 0 N–H and O–H groups in total. The van der Waals surface area contributed by atoms with Crippen molar-refractivity contribution in [3.05, 3.63) is 126 Å². The molecule has 3 heterocycles. The van der Waals surface area contributed by atoms with Crippen LogP contribution < -0.4 is 4.57 Å². The lowest BCUT2D eigenvalue weighted by molar-refractivity contribution is -0.685. The number of amides is 1. The first kappa shape index (κ1) is 20.9. The molecule has 5 nitrogen and oxygen atoms in total. The first-order valence-corrected chi connectivity index (χ1v) is 11.2. The van der Waals surface area contributed by atoms with E-state index in [9.17, 15) is 4.79 Å². The topological polar surface area (TPSA) is 49.7 Å². The molecule has 33 heavy (non-hydrogen) atoms. The highest BCUT2D eigenvalue weighted by Gasteiger charge is 2.36. The highest BCUT2D eigenvalue weighted by atomic mass is 16.3. The maximum absolute atomic E-state index is 13.3. The van der Waals surface area contributed by atoms with Crippen molar-refractivity contribution in [1.29, 1.82) is 0 Å². The summed E-state index contributed by atoms with van der Waals surface area (Å²) < 4.78 is 7.55. The fourth-order valence-electron chi connectivity index (χ4n) is 4.13. The molecule has 0 aliphatic carbocycles. The molecule has 2 aromatic heterocycles. The third kappa shape index (κ3) is 4.77. The van der Waals surface area contributed by atoms with Gasteiger partial charge in [0.05, 0.1) is 12.0 Å². The van der Waals surface area contributed by atoms with Crippen molar-refractivity contribution in [1.82, 2.24) is 5.01 Å². The molecule has 0 unspecified atom stereocenters. The zero-order valence-corrected chi connectivity index (χ0v) is 18.6. The van der Waals surface area contributed by atoms with Gasteiger partial charge in [-0.15, -0.1) is 0 Å². The summed E-state index contributed by atoms with van der Waals surface area (Å²) in [4.78, 5) is 13.3. The molecule has 0 spiro atoms. The zero-order chi connectivity index (χ0) is 22.6. The molecule has 5 heteroatoms. The van der Waals surface area contributed by atoms with Crippen LogP contribution in [0.3, 0.4) is 0 Å². The predicted octanol–water partition coefficient (Wildman–Crippen LogP) is 4.84. The third-order valence-corrected chi connectivity index (χ3v) is 5.95. The molecular weight excluding hydrogens is 410 g/mol. The van der Waals surface area contributed by atoms with Crippen molar-refractivity contribution in [2.24, 2.45) is 5.10 Å². The number of aromatic nitrogens is 1. The lowest BCUT2D eigenvalue weighted by atomic mass is 10.0. The Hall–Kier alpha value is -3.99. The molecular formula is C28H26N3O2+. The molecule has 0 fully saturated rings. The Balaban J connectivity index is 1.33. The van der Waals surface area contributed by atoms with Gasteiger partial charge in [0.2, 0.25) is 6.54 Å². The number of benzene rings is 2. The number of hydrogen-bond donors (Lipinski definition) is 0. The molecule has 0 radical (unpaired) electrons. The van der Waals surface area contributed by atoms with Gasteiger partial charge in [-0.1, -0.05) is 60.2 Å². The van der Waals surface area contributed by atoms with Gasteiger partial charge in [0, 0.05) is 18.6 Å². The lowest BCUT2D eigenvalue weighted by Crippen LogP contribution is -2.42. The largest absolute Gasteiger partial charge is 0.467 e. The van der Waals surface area contributed by atoms with Gasteiger partial charge >= 0.3 is 5.91 Å². The van der Waals surface area contributed by atoms with Crippen LogP contribution in [0.25, 0.3) is 0 Å².